The van der Waals surface area contributed by atoms with Crippen LogP contribution in [0.15, 0.2) is 24.3 Å². The summed E-state index contributed by atoms with van der Waals surface area (Å²) in [6.45, 7) is 6.38. The van der Waals surface area contributed by atoms with Gasteiger partial charge in [0.2, 0.25) is 0 Å². The summed E-state index contributed by atoms with van der Waals surface area (Å²) in [5.74, 6) is 1.68. The lowest BCUT2D eigenvalue weighted by molar-refractivity contribution is 0.262. The van der Waals surface area contributed by atoms with Crippen molar-refractivity contribution in [2.24, 2.45) is 0 Å². The highest BCUT2D eigenvalue weighted by Gasteiger charge is 2.20. The standard InChI is InChI=1S/C14H21NO/c1-3-11(2)15-10-12-8-9-16-14-7-5-4-6-13(12)14/h4-7,11-12,15H,3,8-10H2,1-2H3. The van der Waals surface area contributed by atoms with Crippen LogP contribution in [-0.2, 0) is 0 Å². The van der Waals surface area contributed by atoms with E-state index in [2.05, 4.69) is 37.4 Å². The summed E-state index contributed by atoms with van der Waals surface area (Å²) in [6.07, 6.45) is 2.31. The van der Waals surface area contributed by atoms with Crippen molar-refractivity contribution >= 4 is 0 Å². The Morgan fingerprint density at radius 2 is 2.25 bits per heavy atom. The number of hydrogen-bond donors (Lipinski definition) is 1. The Morgan fingerprint density at radius 1 is 1.44 bits per heavy atom. The zero-order valence-corrected chi connectivity index (χ0v) is 10.2. The van der Waals surface area contributed by atoms with Crippen LogP contribution in [0.1, 0.15) is 38.2 Å². The first-order valence-corrected chi connectivity index (χ1v) is 6.26. The highest BCUT2D eigenvalue weighted by atomic mass is 16.5. The predicted octanol–water partition coefficient (Wildman–Crippen LogP) is 2.94. The monoisotopic (exact) mass is 219 g/mol. The van der Waals surface area contributed by atoms with Crippen LogP contribution in [0.2, 0.25) is 0 Å². The average molecular weight is 219 g/mol. The molecule has 0 saturated heterocycles. The first-order valence-electron chi connectivity index (χ1n) is 6.26. The van der Waals surface area contributed by atoms with Gasteiger partial charge < -0.3 is 10.1 Å². The maximum atomic E-state index is 5.66. The summed E-state index contributed by atoms with van der Waals surface area (Å²) in [6, 6.07) is 9.02. The van der Waals surface area contributed by atoms with Crippen LogP contribution in [0, 0.1) is 0 Å². The molecule has 2 unspecified atom stereocenters. The highest BCUT2D eigenvalue weighted by Crippen LogP contribution is 2.32. The van der Waals surface area contributed by atoms with Crippen LogP contribution in [0.4, 0.5) is 0 Å². The molecule has 88 valence electrons. The van der Waals surface area contributed by atoms with E-state index in [-0.39, 0.29) is 0 Å². The normalized spacial score (nSPS) is 21.0. The first kappa shape index (κ1) is 11.5. The molecule has 16 heavy (non-hydrogen) atoms. The smallest absolute Gasteiger partial charge is 0.122 e. The quantitative estimate of drug-likeness (QED) is 0.840. The van der Waals surface area contributed by atoms with E-state index in [1.54, 1.807) is 0 Å². The van der Waals surface area contributed by atoms with Gasteiger partial charge in [-0.2, -0.15) is 0 Å². The lowest BCUT2D eigenvalue weighted by Crippen LogP contribution is -2.31. The summed E-state index contributed by atoms with van der Waals surface area (Å²) < 4.78 is 5.66. The van der Waals surface area contributed by atoms with Crippen molar-refractivity contribution in [1.82, 2.24) is 5.32 Å². The van der Waals surface area contributed by atoms with Gasteiger partial charge in [0.25, 0.3) is 0 Å². The third kappa shape index (κ3) is 2.56. The molecule has 2 nitrogen and oxygen atoms in total. The number of hydrogen-bond acceptors (Lipinski definition) is 2. The summed E-state index contributed by atoms with van der Waals surface area (Å²) >= 11 is 0. The van der Waals surface area contributed by atoms with Crippen molar-refractivity contribution in [2.75, 3.05) is 13.2 Å². The molecule has 0 aliphatic carbocycles. The largest absolute Gasteiger partial charge is 0.493 e. The Balaban J connectivity index is 2.01. The first-order chi connectivity index (χ1) is 7.81. The van der Waals surface area contributed by atoms with Crippen LogP contribution < -0.4 is 10.1 Å². The Morgan fingerprint density at radius 3 is 3.06 bits per heavy atom. The van der Waals surface area contributed by atoms with Crippen molar-refractivity contribution in [1.29, 1.82) is 0 Å². The number of nitrogens with one attached hydrogen (secondary N) is 1. The molecule has 0 amide bonds. The summed E-state index contributed by atoms with van der Waals surface area (Å²) in [4.78, 5) is 0. The molecule has 1 aromatic carbocycles. The molecule has 0 saturated carbocycles. The highest BCUT2D eigenvalue weighted by molar-refractivity contribution is 5.37. The molecule has 0 aromatic heterocycles. The Hall–Kier alpha value is -1.02. The van der Waals surface area contributed by atoms with Gasteiger partial charge in [-0.3, -0.25) is 0 Å². The summed E-state index contributed by atoms with van der Waals surface area (Å²) in [5, 5.41) is 3.59. The second-order valence-electron chi connectivity index (χ2n) is 4.59. The molecule has 0 radical (unpaired) electrons. The third-order valence-electron chi connectivity index (χ3n) is 3.41. The number of rotatable bonds is 4. The molecule has 1 aromatic rings. The second-order valence-corrected chi connectivity index (χ2v) is 4.59. The Kier molecular flexibility index (Phi) is 3.83. The van der Waals surface area contributed by atoms with Gasteiger partial charge >= 0.3 is 0 Å². The van der Waals surface area contributed by atoms with E-state index in [9.17, 15) is 0 Å². The Labute approximate surface area is 98.0 Å². The molecule has 1 aliphatic rings. The van der Waals surface area contributed by atoms with Crippen LogP contribution >= 0.6 is 0 Å². The van der Waals surface area contributed by atoms with Gasteiger partial charge in [0.1, 0.15) is 5.75 Å². The van der Waals surface area contributed by atoms with Gasteiger partial charge in [-0.05, 0) is 31.4 Å². The van der Waals surface area contributed by atoms with Crippen LogP contribution in [0.25, 0.3) is 0 Å². The molecule has 1 aliphatic heterocycles. The van der Waals surface area contributed by atoms with Crippen molar-refractivity contribution in [3.63, 3.8) is 0 Å². The van der Waals surface area contributed by atoms with E-state index in [4.69, 9.17) is 4.74 Å². The number of ether oxygens (including phenoxy) is 1. The minimum Gasteiger partial charge on any atom is -0.493 e. The summed E-state index contributed by atoms with van der Waals surface area (Å²) in [5.41, 5.74) is 1.37. The molecule has 0 spiro atoms. The minimum absolute atomic E-state index is 0.606. The molecule has 2 heteroatoms. The lowest BCUT2D eigenvalue weighted by atomic mass is 9.93. The molecular formula is C14H21NO. The molecule has 2 rings (SSSR count). The van der Waals surface area contributed by atoms with Crippen molar-refractivity contribution < 1.29 is 4.74 Å². The maximum Gasteiger partial charge on any atom is 0.122 e. The third-order valence-corrected chi connectivity index (χ3v) is 3.41. The maximum absolute atomic E-state index is 5.66. The lowest BCUT2D eigenvalue weighted by Gasteiger charge is -2.27. The van der Waals surface area contributed by atoms with Gasteiger partial charge in [-0.15, -0.1) is 0 Å². The SMILES string of the molecule is CCC(C)NCC1CCOc2ccccc21. The second kappa shape index (κ2) is 5.35. The molecule has 1 heterocycles. The van der Waals surface area contributed by atoms with E-state index < -0.39 is 0 Å². The zero-order chi connectivity index (χ0) is 11.4. The van der Waals surface area contributed by atoms with Crippen LogP contribution in [-0.4, -0.2) is 19.2 Å². The van der Waals surface area contributed by atoms with Gasteiger partial charge in [0, 0.05) is 18.5 Å². The summed E-state index contributed by atoms with van der Waals surface area (Å²) in [7, 11) is 0. The fourth-order valence-corrected chi connectivity index (χ4v) is 2.12. The van der Waals surface area contributed by atoms with E-state index in [0.29, 0.717) is 12.0 Å². The van der Waals surface area contributed by atoms with Crippen molar-refractivity contribution in [3.8, 4) is 5.75 Å². The van der Waals surface area contributed by atoms with Gasteiger partial charge in [-0.25, -0.2) is 0 Å². The van der Waals surface area contributed by atoms with Gasteiger partial charge in [0.15, 0.2) is 0 Å². The van der Waals surface area contributed by atoms with E-state index in [0.717, 1.165) is 25.3 Å². The fraction of sp³-hybridized carbons (Fsp3) is 0.571. The van der Waals surface area contributed by atoms with Crippen molar-refractivity contribution in [2.45, 2.75) is 38.6 Å². The van der Waals surface area contributed by atoms with Crippen molar-refractivity contribution in [3.05, 3.63) is 29.8 Å². The van der Waals surface area contributed by atoms with E-state index in [1.165, 1.54) is 12.0 Å². The van der Waals surface area contributed by atoms with E-state index in [1.807, 2.05) is 6.07 Å². The average Bonchev–Trinajstić information content (AvgIpc) is 2.35. The number of para-hydroxylation sites is 1. The zero-order valence-electron chi connectivity index (χ0n) is 10.2. The number of fused-ring (bicyclic) bond motifs is 1. The molecule has 0 bridgehead atoms. The predicted molar refractivity (Wildman–Crippen MR) is 67.1 cm³/mol. The Bertz CT molecular complexity index is 337. The minimum atomic E-state index is 0.606. The van der Waals surface area contributed by atoms with Crippen LogP contribution in [0.3, 0.4) is 0 Å². The van der Waals surface area contributed by atoms with Gasteiger partial charge in [0.05, 0.1) is 6.61 Å². The van der Waals surface area contributed by atoms with Gasteiger partial charge in [-0.1, -0.05) is 25.1 Å². The molecule has 2 atom stereocenters. The van der Waals surface area contributed by atoms with Crippen LogP contribution in [0.5, 0.6) is 5.75 Å². The molecular weight excluding hydrogens is 198 g/mol. The topological polar surface area (TPSA) is 21.3 Å². The van der Waals surface area contributed by atoms with E-state index >= 15 is 0 Å². The number of benzene rings is 1. The fourth-order valence-electron chi connectivity index (χ4n) is 2.12. The molecule has 1 N–H and O–H groups in total. The molecule has 0 fully saturated rings.